The molecule has 0 unspecified atom stereocenters. The number of carbonyl (C=O) groups is 1. The number of carbonyl (C=O) groups excluding carboxylic acids is 1. The van der Waals surface area contributed by atoms with Gasteiger partial charge in [-0.05, 0) is 64.4 Å². The Morgan fingerprint density at radius 3 is 2.18 bits per heavy atom. The van der Waals surface area contributed by atoms with Crippen molar-refractivity contribution < 1.29 is 21.8 Å². The fourth-order valence-electron chi connectivity index (χ4n) is 5.55. The van der Waals surface area contributed by atoms with E-state index in [1.54, 1.807) is 11.8 Å². The molecule has 0 saturated carbocycles. The minimum atomic E-state index is -5.00. The summed E-state index contributed by atoms with van der Waals surface area (Å²) in [5.41, 5.74) is 14.9. The fourth-order valence-corrected chi connectivity index (χ4v) is 6.30. The van der Waals surface area contributed by atoms with Crippen molar-refractivity contribution in [1.29, 1.82) is 0 Å². The van der Waals surface area contributed by atoms with Crippen molar-refractivity contribution in [2.45, 2.75) is 31.2 Å². The summed E-state index contributed by atoms with van der Waals surface area (Å²) in [7, 11) is -5.00. The van der Waals surface area contributed by atoms with Crippen LogP contribution in [0.15, 0.2) is 64.6 Å². The number of fused-ring (bicyclic) bond motifs is 3. The van der Waals surface area contributed by atoms with Gasteiger partial charge in [0.2, 0.25) is 0 Å². The molecule has 1 fully saturated rings. The molecule has 0 bridgehead atoms. The van der Waals surface area contributed by atoms with Crippen LogP contribution in [0.25, 0.3) is 21.6 Å². The highest BCUT2D eigenvalue weighted by Crippen LogP contribution is 2.44. The maximum atomic E-state index is 13.9. The van der Waals surface area contributed by atoms with Gasteiger partial charge >= 0.3 is 16.3 Å². The molecule has 1 amide bonds. The summed E-state index contributed by atoms with van der Waals surface area (Å²) in [6, 6.07) is 17.6. The van der Waals surface area contributed by atoms with Gasteiger partial charge in [0.05, 0.1) is 0 Å². The highest BCUT2D eigenvalue weighted by molar-refractivity contribution is 7.86. The van der Waals surface area contributed by atoms with Gasteiger partial charge in [0.1, 0.15) is 11.5 Å². The number of benzene rings is 3. The first-order chi connectivity index (χ1) is 18.7. The van der Waals surface area contributed by atoms with Crippen LogP contribution in [0.5, 0.6) is 0 Å². The Kier molecular flexibility index (Phi) is 7.31. The van der Waals surface area contributed by atoms with Crippen LogP contribution in [-0.4, -0.2) is 57.1 Å². The molecule has 1 aliphatic heterocycles. The van der Waals surface area contributed by atoms with Crippen LogP contribution in [0.1, 0.15) is 33.7 Å². The first-order valence-electron chi connectivity index (χ1n) is 12.6. The van der Waals surface area contributed by atoms with E-state index >= 15 is 0 Å². The minimum absolute atomic E-state index is 0.0154. The summed E-state index contributed by atoms with van der Waals surface area (Å²) in [6.45, 7) is 5.60. The van der Waals surface area contributed by atoms with Crippen molar-refractivity contribution in [1.82, 2.24) is 9.80 Å². The summed E-state index contributed by atoms with van der Waals surface area (Å²) >= 11 is 0. The number of halogens is 1. The molecule has 0 N–H and O–H groups in total. The molecule has 1 heterocycles. The summed E-state index contributed by atoms with van der Waals surface area (Å²) in [5, 5.41) is 3.61. The van der Waals surface area contributed by atoms with E-state index < -0.39 is 15.1 Å². The van der Waals surface area contributed by atoms with Crippen LogP contribution < -0.4 is 0 Å². The first-order valence-corrected chi connectivity index (χ1v) is 14.0. The molecule has 3 aromatic carbocycles. The van der Waals surface area contributed by atoms with E-state index in [1.165, 1.54) is 24.1 Å². The zero-order valence-corrected chi connectivity index (χ0v) is 22.5. The van der Waals surface area contributed by atoms with Crippen molar-refractivity contribution >= 4 is 22.0 Å². The quantitative estimate of drug-likeness (QED) is 0.163. The molecule has 2 aliphatic rings. The predicted octanol–water partition coefficient (Wildman–Crippen LogP) is 5.97. The van der Waals surface area contributed by atoms with Crippen LogP contribution in [0.3, 0.4) is 0 Å². The molecule has 0 atom stereocenters. The molecule has 39 heavy (non-hydrogen) atoms. The van der Waals surface area contributed by atoms with Gasteiger partial charge in [0.15, 0.2) is 0 Å². The van der Waals surface area contributed by atoms with Crippen molar-refractivity contribution in [2.75, 3.05) is 32.8 Å². The molecule has 5 rings (SSSR count). The largest absolute Gasteiger partial charge is 0.448 e. The number of ether oxygens (including phenoxy) is 1. The second-order valence-corrected chi connectivity index (χ2v) is 11.1. The lowest BCUT2D eigenvalue weighted by Crippen LogP contribution is -2.48. The van der Waals surface area contributed by atoms with E-state index in [-0.39, 0.29) is 29.9 Å². The minimum Gasteiger partial charge on any atom is -0.448 e. The van der Waals surface area contributed by atoms with E-state index in [1.807, 2.05) is 29.2 Å². The Balaban J connectivity index is 1.23. The molecule has 0 radical (unpaired) electrons. The molecule has 9 nitrogen and oxygen atoms in total. The van der Waals surface area contributed by atoms with Crippen molar-refractivity contribution in [2.24, 2.45) is 5.11 Å². The Hall–Kier alpha value is -3.92. The van der Waals surface area contributed by atoms with Gasteiger partial charge in [-0.2, -0.15) is 8.42 Å². The summed E-state index contributed by atoms with van der Waals surface area (Å²) in [5.74, 6) is -0.0154. The Morgan fingerprint density at radius 1 is 1.03 bits per heavy atom. The molecule has 0 aromatic heterocycles. The van der Waals surface area contributed by atoms with E-state index in [4.69, 9.17) is 10.3 Å². The van der Waals surface area contributed by atoms with Gasteiger partial charge in [-0.15, -0.1) is 3.89 Å². The number of hydrogen-bond acceptors (Lipinski definition) is 6. The van der Waals surface area contributed by atoms with Crippen LogP contribution in [-0.2, 0) is 21.5 Å². The Morgan fingerprint density at radius 2 is 1.62 bits per heavy atom. The normalized spacial score (nSPS) is 15.4. The van der Waals surface area contributed by atoms with Crippen molar-refractivity contribution in [3.8, 4) is 11.1 Å². The van der Waals surface area contributed by atoms with E-state index in [0.29, 0.717) is 43.9 Å². The second kappa shape index (κ2) is 10.7. The number of amides is 1. The van der Waals surface area contributed by atoms with Crippen molar-refractivity contribution in [3.63, 3.8) is 0 Å². The molecule has 11 heteroatoms. The molecule has 1 saturated heterocycles. The highest BCUT2D eigenvalue weighted by atomic mass is 32.3. The Labute approximate surface area is 226 Å². The summed E-state index contributed by atoms with van der Waals surface area (Å²) < 4.78 is 43.1. The molecule has 1 aliphatic carbocycles. The predicted molar refractivity (Wildman–Crippen MR) is 145 cm³/mol. The SMILES string of the molecule is Cc1c(CN2CCN(C(=O)OCC3c4ccccc4-c4ccccc43)CC2)cc(S(=O)(=O)F)c(C)c1N=[N+]=[N-]. The van der Waals surface area contributed by atoms with Gasteiger partial charge < -0.3 is 9.64 Å². The number of nitrogens with zero attached hydrogens (tertiary/aromatic N) is 5. The third-order valence-corrected chi connectivity index (χ3v) is 8.58. The third kappa shape index (κ3) is 5.21. The lowest BCUT2D eigenvalue weighted by molar-refractivity contribution is 0.0728. The van der Waals surface area contributed by atoms with Crippen LogP contribution in [0.4, 0.5) is 14.4 Å². The van der Waals surface area contributed by atoms with Crippen molar-refractivity contribution in [3.05, 3.63) is 92.9 Å². The van der Waals surface area contributed by atoms with Gasteiger partial charge in [0, 0.05) is 49.2 Å². The monoisotopic (exact) mass is 549 g/mol. The third-order valence-electron chi connectivity index (χ3n) is 7.63. The van der Waals surface area contributed by atoms with Gasteiger partial charge in [0.25, 0.3) is 0 Å². The van der Waals surface area contributed by atoms with Gasteiger partial charge in [-0.25, -0.2) is 4.79 Å². The maximum Gasteiger partial charge on any atom is 0.409 e. The fraction of sp³-hybridized carbons (Fsp3) is 0.321. The molecule has 0 spiro atoms. The van der Waals surface area contributed by atoms with E-state index in [9.17, 15) is 17.1 Å². The highest BCUT2D eigenvalue weighted by Gasteiger charge is 2.31. The molecular formula is C28H28FN5O4S. The molecule has 3 aromatic rings. The standard InChI is InChI=1S/C28H28FN5O4S/c1-18-20(15-26(39(29,36)37)19(2)27(18)31-32-30)16-33-11-13-34(14-12-33)28(35)38-17-25-23-9-5-3-7-21(23)22-8-4-6-10-24(22)25/h3-10,15,25H,11-14,16-17H2,1-2H3. The zero-order chi connectivity index (χ0) is 27.7. The van der Waals surface area contributed by atoms with E-state index in [0.717, 1.165) is 11.1 Å². The number of hydrogen-bond donors (Lipinski definition) is 0. The van der Waals surface area contributed by atoms with Crippen LogP contribution >= 0.6 is 0 Å². The lowest BCUT2D eigenvalue weighted by Gasteiger charge is -2.34. The smallest absolute Gasteiger partial charge is 0.409 e. The number of rotatable bonds is 6. The van der Waals surface area contributed by atoms with Gasteiger partial charge in [-0.3, -0.25) is 4.90 Å². The van der Waals surface area contributed by atoms with E-state index in [2.05, 4.69) is 34.3 Å². The van der Waals surface area contributed by atoms with Crippen LogP contribution in [0, 0.1) is 13.8 Å². The molecule has 202 valence electrons. The average Bonchev–Trinajstić information content (AvgIpc) is 3.24. The summed E-state index contributed by atoms with van der Waals surface area (Å²) in [6.07, 6.45) is -0.375. The topological polar surface area (TPSA) is 116 Å². The summed E-state index contributed by atoms with van der Waals surface area (Å²) in [4.78, 5) is 18.9. The second-order valence-electron chi connectivity index (χ2n) is 9.83. The first kappa shape index (κ1) is 26.7. The zero-order valence-electron chi connectivity index (χ0n) is 21.7. The Bertz CT molecular complexity index is 1550. The number of piperazine rings is 1. The molecular weight excluding hydrogens is 521 g/mol. The number of azide groups is 1. The lowest BCUT2D eigenvalue weighted by atomic mass is 9.98. The maximum absolute atomic E-state index is 13.9. The average molecular weight is 550 g/mol. The van der Waals surface area contributed by atoms with Crippen LogP contribution in [0.2, 0.25) is 0 Å². The van der Waals surface area contributed by atoms with Gasteiger partial charge in [-0.1, -0.05) is 53.6 Å².